The van der Waals surface area contributed by atoms with E-state index in [-0.39, 0.29) is 37.5 Å². The molecule has 0 amide bonds. The molecule has 420 valence electrons. The van der Waals surface area contributed by atoms with E-state index in [1.54, 1.807) is 0 Å². The van der Waals surface area contributed by atoms with Gasteiger partial charge in [-0.2, -0.15) is 0 Å². The maximum absolute atomic E-state index is 12.9. The van der Waals surface area contributed by atoms with Crippen molar-refractivity contribution in [2.45, 2.75) is 245 Å². The second-order valence-corrected chi connectivity index (χ2v) is 19.1. The molecule has 0 aromatic carbocycles. The molecule has 0 radical (unpaired) electrons. The number of allylic oxidation sites excluding steroid dienone is 26. The Bertz CT molecular complexity index is 1710. The van der Waals surface area contributed by atoms with Gasteiger partial charge < -0.3 is 14.2 Å². The summed E-state index contributed by atoms with van der Waals surface area (Å²) in [5.74, 6) is -0.986. The molecule has 1 unspecified atom stereocenters. The molecule has 0 saturated carbocycles. The number of rotatable bonds is 52. The molecule has 0 N–H and O–H groups in total. The Labute approximate surface area is 460 Å². The van der Waals surface area contributed by atoms with Gasteiger partial charge >= 0.3 is 17.9 Å². The van der Waals surface area contributed by atoms with Crippen molar-refractivity contribution in [1.82, 2.24) is 0 Å². The van der Waals surface area contributed by atoms with E-state index in [1.807, 2.05) is 0 Å². The first-order valence-corrected chi connectivity index (χ1v) is 30.0. The van der Waals surface area contributed by atoms with Crippen LogP contribution in [0.1, 0.15) is 239 Å². The van der Waals surface area contributed by atoms with E-state index in [0.29, 0.717) is 19.3 Å². The van der Waals surface area contributed by atoms with Crippen LogP contribution in [-0.2, 0) is 28.6 Å². The minimum absolute atomic E-state index is 0.111. The molecule has 0 bridgehead atoms. The van der Waals surface area contributed by atoms with Crippen molar-refractivity contribution in [3.63, 3.8) is 0 Å². The van der Waals surface area contributed by atoms with Gasteiger partial charge in [-0.1, -0.05) is 237 Å². The molecule has 0 rings (SSSR count). The molecule has 0 aromatic rings. The number of hydrogen-bond donors (Lipinski definition) is 0. The second-order valence-electron chi connectivity index (χ2n) is 19.1. The van der Waals surface area contributed by atoms with E-state index in [9.17, 15) is 14.4 Å². The van der Waals surface area contributed by atoms with Crippen molar-refractivity contribution < 1.29 is 28.6 Å². The lowest BCUT2D eigenvalue weighted by molar-refractivity contribution is -0.167. The third-order valence-corrected chi connectivity index (χ3v) is 12.0. The van der Waals surface area contributed by atoms with Crippen LogP contribution in [0.3, 0.4) is 0 Å². The van der Waals surface area contributed by atoms with Gasteiger partial charge in [0.05, 0.1) is 0 Å². The topological polar surface area (TPSA) is 78.9 Å². The maximum atomic E-state index is 12.9. The fraction of sp³-hybridized carbons (Fsp3) is 0.580. The predicted molar refractivity (Wildman–Crippen MR) is 325 cm³/mol. The number of ether oxygens (including phenoxy) is 3. The minimum Gasteiger partial charge on any atom is -0.462 e. The van der Waals surface area contributed by atoms with E-state index in [0.717, 1.165) is 154 Å². The van der Waals surface area contributed by atoms with Crippen molar-refractivity contribution in [1.29, 1.82) is 0 Å². The number of unbranched alkanes of at least 4 members (excludes halogenated alkanes) is 15. The van der Waals surface area contributed by atoms with Gasteiger partial charge in [0.2, 0.25) is 0 Å². The lowest BCUT2D eigenvalue weighted by atomic mass is 10.1. The Balaban J connectivity index is 4.45. The maximum Gasteiger partial charge on any atom is 0.306 e. The zero-order valence-electron chi connectivity index (χ0n) is 48.0. The largest absolute Gasteiger partial charge is 0.462 e. The van der Waals surface area contributed by atoms with Crippen LogP contribution in [-0.4, -0.2) is 37.2 Å². The normalized spacial score (nSPS) is 13.3. The van der Waals surface area contributed by atoms with Crippen LogP contribution in [0.2, 0.25) is 0 Å². The number of hydrogen-bond acceptors (Lipinski definition) is 6. The van der Waals surface area contributed by atoms with Crippen LogP contribution < -0.4 is 0 Å². The molecule has 0 spiro atoms. The van der Waals surface area contributed by atoms with Gasteiger partial charge in [-0.15, -0.1) is 0 Å². The van der Waals surface area contributed by atoms with E-state index in [1.165, 1.54) is 38.5 Å². The van der Waals surface area contributed by atoms with E-state index >= 15 is 0 Å². The Hall–Kier alpha value is -4.97. The molecule has 0 aliphatic rings. The summed E-state index contributed by atoms with van der Waals surface area (Å²) in [6.45, 7) is 6.23. The molecular formula is C69H108O6. The predicted octanol–water partition coefficient (Wildman–Crippen LogP) is 20.5. The quantitative estimate of drug-likeness (QED) is 0.0261. The summed E-state index contributed by atoms with van der Waals surface area (Å²) in [4.78, 5) is 38.2. The van der Waals surface area contributed by atoms with Gasteiger partial charge in [-0.25, -0.2) is 0 Å². The lowest BCUT2D eigenvalue weighted by Gasteiger charge is -2.18. The van der Waals surface area contributed by atoms with E-state index in [2.05, 4.69) is 179 Å². The highest BCUT2D eigenvalue weighted by molar-refractivity contribution is 5.71. The molecular weight excluding hydrogens is 925 g/mol. The molecule has 75 heavy (non-hydrogen) atoms. The van der Waals surface area contributed by atoms with Crippen molar-refractivity contribution in [2.75, 3.05) is 13.2 Å². The summed E-state index contributed by atoms with van der Waals surface area (Å²) >= 11 is 0. The van der Waals surface area contributed by atoms with Gasteiger partial charge in [0.1, 0.15) is 13.2 Å². The van der Waals surface area contributed by atoms with Crippen molar-refractivity contribution in [2.24, 2.45) is 0 Å². The zero-order chi connectivity index (χ0) is 54.3. The van der Waals surface area contributed by atoms with Crippen LogP contribution in [0.15, 0.2) is 158 Å². The van der Waals surface area contributed by atoms with E-state index in [4.69, 9.17) is 14.2 Å². The monoisotopic (exact) mass is 1030 g/mol. The van der Waals surface area contributed by atoms with Gasteiger partial charge in [-0.3, -0.25) is 14.4 Å². The van der Waals surface area contributed by atoms with Crippen molar-refractivity contribution in [3.8, 4) is 0 Å². The Morgan fingerprint density at radius 1 is 0.267 bits per heavy atom. The van der Waals surface area contributed by atoms with Crippen molar-refractivity contribution in [3.05, 3.63) is 158 Å². The molecule has 6 heteroatoms. The highest BCUT2D eigenvalue weighted by Gasteiger charge is 2.19. The fourth-order valence-electron chi connectivity index (χ4n) is 7.63. The molecule has 6 nitrogen and oxygen atoms in total. The first kappa shape index (κ1) is 70.0. The summed E-state index contributed by atoms with van der Waals surface area (Å²) in [5, 5.41) is 0. The van der Waals surface area contributed by atoms with Gasteiger partial charge in [0, 0.05) is 19.3 Å². The first-order valence-electron chi connectivity index (χ1n) is 30.0. The third kappa shape index (κ3) is 59.8. The smallest absolute Gasteiger partial charge is 0.306 e. The lowest BCUT2D eigenvalue weighted by Crippen LogP contribution is -2.30. The standard InChI is InChI=1S/C69H108O6/c1-4-7-10-13-16-19-22-25-27-29-31-32-33-34-35-36-38-39-41-44-47-50-53-56-59-62-68(71)74-65-66(64-73-67(70)61-58-55-52-49-46-43-24-21-18-15-12-9-6-3)75-69(72)63-60-57-54-51-48-45-42-40-37-30-28-26-23-20-17-14-11-8-5-2/h7-12,16-21,25-28,31-32,34-35,37,40,43,45-46,48,66H,4-6,13-15,22-24,29-30,33,36,38-39,41-42,44,47,49-65H2,1-3H3/b10-7-,11-8-,12-9-,19-16-,20-17-,21-18-,27-25-,28-26-,32-31-,35-34-,40-37-,46-43-,48-45-. The Morgan fingerprint density at radius 2 is 0.480 bits per heavy atom. The Morgan fingerprint density at radius 3 is 0.760 bits per heavy atom. The highest BCUT2D eigenvalue weighted by atomic mass is 16.6. The summed E-state index contributed by atoms with van der Waals surface area (Å²) in [6, 6.07) is 0. The van der Waals surface area contributed by atoms with Crippen LogP contribution >= 0.6 is 0 Å². The van der Waals surface area contributed by atoms with Crippen LogP contribution in [0.25, 0.3) is 0 Å². The fourth-order valence-corrected chi connectivity index (χ4v) is 7.63. The molecule has 0 aliphatic carbocycles. The van der Waals surface area contributed by atoms with E-state index < -0.39 is 6.10 Å². The summed E-state index contributed by atoms with van der Waals surface area (Å²) in [5.41, 5.74) is 0. The van der Waals surface area contributed by atoms with Crippen LogP contribution in [0, 0.1) is 0 Å². The third-order valence-electron chi connectivity index (χ3n) is 12.0. The summed E-state index contributed by atoms with van der Waals surface area (Å²) in [6.07, 6.45) is 89.5. The average Bonchev–Trinajstić information content (AvgIpc) is 3.41. The first-order chi connectivity index (χ1) is 37.0. The van der Waals surface area contributed by atoms with Gasteiger partial charge in [-0.05, 0) is 141 Å². The van der Waals surface area contributed by atoms with Crippen LogP contribution in [0.4, 0.5) is 0 Å². The second kappa shape index (κ2) is 61.6. The summed E-state index contributed by atoms with van der Waals surface area (Å²) < 4.78 is 16.8. The molecule has 0 fully saturated rings. The van der Waals surface area contributed by atoms with Crippen LogP contribution in [0.5, 0.6) is 0 Å². The molecule has 0 aliphatic heterocycles. The molecule has 1 atom stereocenters. The molecule has 0 heterocycles. The van der Waals surface area contributed by atoms with Gasteiger partial charge in [0.15, 0.2) is 6.10 Å². The number of esters is 3. The zero-order valence-corrected chi connectivity index (χ0v) is 48.0. The molecule has 0 aromatic heterocycles. The number of carbonyl (C=O) groups is 3. The molecule has 0 saturated heterocycles. The minimum atomic E-state index is -0.819. The van der Waals surface area contributed by atoms with Crippen molar-refractivity contribution >= 4 is 17.9 Å². The van der Waals surface area contributed by atoms with Gasteiger partial charge in [0.25, 0.3) is 0 Å². The average molecular weight is 1030 g/mol. The number of carbonyl (C=O) groups excluding carboxylic acids is 3. The SMILES string of the molecule is CC/C=C\C/C=C\C/C=C\C/C=C\C/C=C\CCCCCCCCCCCC(=O)OCC(COC(=O)CCCCC/C=C\C/C=C\C/C=C\CC)OC(=O)CCCCC/C=C\C/C=C\C/C=C\C/C=C\C/C=C\CC. The highest BCUT2D eigenvalue weighted by Crippen LogP contribution is 2.14. The Kier molecular flexibility index (Phi) is 57.5. The summed E-state index contributed by atoms with van der Waals surface area (Å²) in [7, 11) is 0.